The predicted octanol–water partition coefficient (Wildman–Crippen LogP) is 2.54. The van der Waals surface area contributed by atoms with Crippen molar-refractivity contribution >= 4 is 23.4 Å². The Labute approximate surface area is 117 Å². The summed E-state index contributed by atoms with van der Waals surface area (Å²) in [5.74, 6) is -1.11. The molecule has 0 bridgehead atoms. The first-order valence-corrected chi connectivity index (χ1v) is 6.27. The molecule has 7 nitrogen and oxygen atoms in total. The average molecular weight is 291 g/mol. The molecule has 1 N–H and O–H groups in total. The molecule has 0 radical (unpaired) electrons. The fourth-order valence-corrected chi connectivity index (χ4v) is 2.36. The number of rotatable bonds is 4. The van der Waals surface area contributed by atoms with Crippen molar-refractivity contribution < 1.29 is 14.8 Å². The molecule has 2 aromatic heterocycles. The van der Waals surface area contributed by atoms with Gasteiger partial charge in [-0.05, 0) is 25.1 Å². The zero-order valence-electron chi connectivity index (χ0n) is 10.3. The van der Waals surface area contributed by atoms with Crippen LogP contribution in [0.5, 0.6) is 0 Å². The minimum atomic E-state index is -1.11. The molecular weight excluding hydrogens is 282 g/mol. The third kappa shape index (κ3) is 3.09. The second-order valence-electron chi connectivity index (χ2n) is 3.85. The molecule has 0 fully saturated rings. The zero-order valence-corrected chi connectivity index (χ0v) is 11.1. The summed E-state index contributed by atoms with van der Waals surface area (Å²) in [7, 11) is 0. The lowest BCUT2D eigenvalue weighted by Crippen LogP contribution is -1.99. The van der Waals surface area contributed by atoms with Crippen molar-refractivity contribution in [3.05, 3.63) is 52.0 Å². The Bertz CT molecular complexity index is 690. The molecule has 2 heterocycles. The highest BCUT2D eigenvalue weighted by Gasteiger charge is 2.12. The smallest absolute Gasteiger partial charge is 0.354 e. The summed E-state index contributed by atoms with van der Waals surface area (Å²) < 4.78 is 0. The van der Waals surface area contributed by atoms with Crippen LogP contribution in [0.1, 0.15) is 16.1 Å². The van der Waals surface area contributed by atoms with E-state index in [1.54, 1.807) is 19.1 Å². The third-order valence-corrected chi connectivity index (χ3v) is 3.35. The van der Waals surface area contributed by atoms with E-state index in [0.29, 0.717) is 15.5 Å². The monoisotopic (exact) mass is 291 g/mol. The van der Waals surface area contributed by atoms with E-state index in [0.717, 1.165) is 0 Å². The Balaban J connectivity index is 2.26. The van der Waals surface area contributed by atoms with Crippen molar-refractivity contribution in [2.75, 3.05) is 0 Å². The molecule has 2 rings (SSSR count). The lowest BCUT2D eigenvalue weighted by Gasteiger charge is -2.03. The van der Waals surface area contributed by atoms with Crippen molar-refractivity contribution in [3.8, 4) is 0 Å². The highest BCUT2D eigenvalue weighted by molar-refractivity contribution is 7.99. The van der Waals surface area contributed by atoms with Gasteiger partial charge in [0.05, 0.1) is 4.92 Å². The van der Waals surface area contributed by atoms with Crippen molar-refractivity contribution in [3.63, 3.8) is 0 Å². The van der Waals surface area contributed by atoms with Gasteiger partial charge in [-0.15, -0.1) is 0 Å². The minimum Gasteiger partial charge on any atom is -0.477 e. The first-order chi connectivity index (χ1) is 9.47. The summed E-state index contributed by atoms with van der Waals surface area (Å²) in [4.78, 5) is 29.4. The topological polar surface area (TPSA) is 106 Å². The lowest BCUT2D eigenvalue weighted by atomic mass is 10.3. The number of hydrogen-bond donors (Lipinski definition) is 1. The molecule has 0 atom stereocenters. The summed E-state index contributed by atoms with van der Waals surface area (Å²) in [5.41, 5.74) is 0.393. The fourth-order valence-electron chi connectivity index (χ4n) is 1.48. The molecular formula is C12H9N3O4S. The number of carboxylic acid groups (broad SMARTS) is 1. The van der Waals surface area contributed by atoms with Gasteiger partial charge >= 0.3 is 5.97 Å². The molecule has 0 aromatic carbocycles. The van der Waals surface area contributed by atoms with Crippen LogP contribution >= 0.6 is 11.8 Å². The zero-order chi connectivity index (χ0) is 14.7. The van der Waals surface area contributed by atoms with Gasteiger partial charge in [0.25, 0.3) is 5.69 Å². The standard InChI is InChI=1S/C12H9N3O4S/c1-7-4-11(14-6-10(7)15(18)19)20-8-2-3-13-9(5-8)12(16)17/h2-6H,1H3,(H,16,17). The Morgan fingerprint density at radius 1 is 1.40 bits per heavy atom. The van der Waals surface area contributed by atoms with E-state index in [1.807, 2.05) is 0 Å². The third-order valence-electron chi connectivity index (χ3n) is 2.43. The highest BCUT2D eigenvalue weighted by Crippen LogP contribution is 2.28. The number of hydrogen-bond acceptors (Lipinski definition) is 6. The van der Waals surface area contributed by atoms with Crippen LogP contribution in [0, 0.1) is 17.0 Å². The van der Waals surface area contributed by atoms with Crippen LogP contribution in [0.15, 0.2) is 40.5 Å². The van der Waals surface area contributed by atoms with Gasteiger partial charge in [-0.2, -0.15) is 0 Å². The maximum atomic E-state index is 10.8. The van der Waals surface area contributed by atoms with Gasteiger partial charge in [0.2, 0.25) is 0 Å². The quantitative estimate of drug-likeness (QED) is 0.681. The van der Waals surface area contributed by atoms with Gasteiger partial charge in [0.15, 0.2) is 0 Å². The van der Waals surface area contributed by atoms with E-state index in [9.17, 15) is 14.9 Å². The summed E-state index contributed by atoms with van der Waals surface area (Å²) in [5, 5.41) is 20.1. The van der Waals surface area contributed by atoms with E-state index in [2.05, 4.69) is 9.97 Å². The number of carbonyl (C=O) groups is 1. The lowest BCUT2D eigenvalue weighted by molar-refractivity contribution is -0.385. The van der Waals surface area contributed by atoms with Crippen molar-refractivity contribution in [1.29, 1.82) is 0 Å². The second-order valence-corrected chi connectivity index (χ2v) is 4.94. The number of pyridine rings is 2. The summed E-state index contributed by atoms with van der Waals surface area (Å²) in [6.45, 7) is 1.62. The minimum absolute atomic E-state index is 0.0460. The van der Waals surface area contributed by atoms with Crippen LogP contribution in [0.4, 0.5) is 5.69 Å². The number of nitro groups is 1. The van der Waals surface area contributed by atoms with E-state index in [4.69, 9.17) is 5.11 Å². The maximum Gasteiger partial charge on any atom is 0.354 e. The van der Waals surface area contributed by atoms with Crippen molar-refractivity contribution in [2.24, 2.45) is 0 Å². The van der Waals surface area contributed by atoms with Gasteiger partial charge in [0.1, 0.15) is 16.9 Å². The largest absolute Gasteiger partial charge is 0.477 e. The Kier molecular flexibility index (Phi) is 3.94. The molecule has 0 saturated heterocycles. The maximum absolute atomic E-state index is 10.8. The van der Waals surface area contributed by atoms with Gasteiger partial charge in [-0.3, -0.25) is 10.1 Å². The van der Waals surface area contributed by atoms with E-state index < -0.39 is 10.9 Å². The fraction of sp³-hybridized carbons (Fsp3) is 0.0833. The predicted molar refractivity (Wildman–Crippen MR) is 70.9 cm³/mol. The second kappa shape index (κ2) is 5.66. The molecule has 20 heavy (non-hydrogen) atoms. The molecule has 0 spiro atoms. The van der Waals surface area contributed by atoms with Crippen LogP contribution in [0.2, 0.25) is 0 Å². The Morgan fingerprint density at radius 2 is 2.15 bits per heavy atom. The molecule has 102 valence electrons. The number of nitrogens with zero attached hydrogens (tertiary/aromatic N) is 3. The molecule has 0 saturated carbocycles. The van der Waals surface area contributed by atoms with Gasteiger partial charge in [-0.25, -0.2) is 14.8 Å². The van der Waals surface area contributed by atoms with Crippen LogP contribution < -0.4 is 0 Å². The normalized spacial score (nSPS) is 10.2. The van der Waals surface area contributed by atoms with Crippen LogP contribution in [0.25, 0.3) is 0 Å². The molecule has 2 aromatic rings. The van der Waals surface area contributed by atoms with Crippen LogP contribution in [-0.2, 0) is 0 Å². The Morgan fingerprint density at radius 3 is 2.75 bits per heavy atom. The average Bonchev–Trinajstić information content (AvgIpc) is 2.38. The molecule has 0 aliphatic carbocycles. The molecule has 0 amide bonds. The van der Waals surface area contributed by atoms with Crippen molar-refractivity contribution in [2.45, 2.75) is 16.8 Å². The van der Waals surface area contributed by atoms with E-state index in [1.165, 1.54) is 30.2 Å². The summed E-state index contributed by atoms with van der Waals surface area (Å²) in [6, 6.07) is 4.66. The first kappa shape index (κ1) is 13.9. The van der Waals surface area contributed by atoms with Gasteiger partial charge in [-0.1, -0.05) is 11.8 Å². The molecule has 0 aliphatic rings. The first-order valence-electron chi connectivity index (χ1n) is 5.45. The van der Waals surface area contributed by atoms with Gasteiger partial charge < -0.3 is 5.11 Å². The van der Waals surface area contributed by atoms with Crippen molar-refractivity contribution in [1.82, 2.24) is 9.97 Å². The SMILES string of the molecule is Cc1cc(Sc2ccnc(C(=O)O)c2)ncc1[N+](=O)[O-]. The molecule has 0 unspecified atom stereocenters. The number of aromatic nitrogens is 2. The number of aryl methyl sites for hydroxylation is 1. The van der Waals surface area contributed by atoms with Crippen LogP contribution in [-0.4, -0.2) is 26.0 Å². The number of aromatic carboxylic acids is 1. The molecule has 8 heteroatoms. The van der Waals surface area contributed by atoms with Gasteiger partial charge in [0, 0.05) is 16.7 Å². The van der Waals surface area contributed by atoms with E-state index in [-0.39, 0.29) is 11.4 Å². The highest BCUT2D eigenvalue weighted by atomic mass is 32.2. The molecule has 0 aliphatic heterocycles. The van der Waals surface area contributed by atoms with E-state index >= 15 is 0 Å². The summed E-state index contributed by atoms with van der Waals surface area (Å²) >= 11 is 1.22. The summed E-state index contributed by atoms with van der Waals surface area (Å²) in [6.07, 6.45) is 2.58. The number of carboxylic acids is 1. The van der Waals surface area contributed by atoms with Crippen LogP contribution in [0.3, 0.4) is 0 Å². The Hall–Kier alpha value is -2.48.